The van der Waals surface area contributed by atoms with E-state index in [1.54, 1.807) is 6.07 Å². The van der Waals surface area contributed by atoms with Crippen molar-refractivity contribution >= 4 is 28.6 Å². The number of carbonyl (C=O) groups is 1. The molecule has 3 N–H and O–H groups in total. The van der Waals surface area contributed by atoms with Gasteiger partial charge in [-0.3, -0.25) is 9.59 Å². The van der Waals surface area contributed by atoms with Crippen LogP contribution in [0.2, 0.25) is 0 Å². The van der Waals surface area contributed by atoms with Crippen LogP contribution in [0, 0.1) is 11.6 Å². The third-order valence-corrected chi connectivity index (χ3v) is 4.56. The molecule has 0 aliphatic rings. The van der Waals surface area contributed by atoms with Crippen molar-refractivity contribution in [2.75, 3.05) is 11.1 Å². The molecule has 0 saturated carbocycles. The summed E-state index contributed by atoms with van der Waals surface area (Å²) in [6.45, 7) is 1.42. The Bertz CT molecular complexity index is 1020. The lowest BCUT2D eigenvalue weighted by atomic mass is 10.2. The molecule has 0 radical (unpaired) electrons. The zero-order valence-electron chi connectivity index (χ0n) is 13.6. The first-order chi connectivity index (χ1) is 12.4. The van der Waals surface area contributed by atoms with Crippen LogP contribution in [0.3, 0.4) is 0 Å². The third-order valence-electron chi connectivity index (χ3n) is 3.67. The number of rotatable bonds is 4. The fraction of sp³-hybridized carbons (Fsp3) is 0.118. The van der Waals surface area contributed by atoms with E-state index in [2.05, 4.69) is 10.4 Å². The molecule has 1 aromatic carbocycles. The summed E-state index contributed by atoms with van der Waals surface area (Å²) in [5.74, 6) is -2.22. The fourth-order valence-corrected chi connectivity index (χ4v) is 2.96. The van der Waals surface area contributed by atoms with Crippen LogP contribution in [0.1, 0.15) is 13.0 Å². The van der Waals surface area contributed by atoms with Crippen molar-refractivity contribution in [2.45, 2.75) is 13.0 Å². The molecule has 134 valence electrons. The predicted octanol–water partition coefficient (Wildman–Crippen LogP) is 3.03. The second-order valence-electron chi connectivity index (χ2n) is 5.50. The first-order valence-electron chi connectivity index (χ1n) is 7.56. The lowest BCUT2D eigenvalue weighted by molar-refractivity contribution is -0.119. The average molecular weight is 376 g/mol. The molecule has 3 rings (SSSR count). The summed E-state index contributed by atoms with van der Waals surface area (Å²) in [6, 6.07) is 6.65. The molecule has 2 aromatic heterocycles. The summed E-state index contributed by atoms with van der Waals surface area (Å²) in [4.78, 5) is 25.4. The summed E-state index contributed by atoms with van der Waals surface area (Å²) in [7, 11) is 0. The standard InChI is InChI=1S/C17H14F2N4O2S/c1-9(16(24)21-13-7-10(18)4-5-11(13)19)23-17(25)12(20)8-14(22-23)15-3-2-6-26-15/h2-9H,20H2,1H3,(H,21,24)/t9-/m1/s1. The maximum absolute atomic E-state index is 13.7. The SMILES string of the molecule is C[C@H](C(=O)Nc1cc(F)ccc1F)n1nc(-c2cccs2)cc(N)c1=O. The van der Waals surface area contributed by atoms with Gasteiger partial charge in [-0.2, -0.15) is 5.10 Å². The highest BCUT2D eigenvalue weighted by Gasteiger charge is 2.21. The molecule has 9 heteroatoms. The van der Waals surface area contributed by atoms with E-state index in [4.69, 9.17) is 5.73 Å². The normalized spacial score (nSPS) is 12.0. The first kappa shape index (κ1) is 17.7. The number of thiophene rings is 1. The molecule has 1 amide bonds. The van der Waals surface area contributed by atoms with E-state index in [1.807, 2.05) is 11.4 Å². The van der Waals surface area contributed by atoms with Crippen LogP contribution < -0.4 is 16.6 Å². The van der Waals surface area contributed by atoms with Gasteiger partial charge in [0.05, 0.1) is 10.6 Å². The van der Waals surface area contributed by atoms with Gasteiger partial charge in [0.25, 0.3) is 5.56 Å². The molecule has 1 atom stereocenters. The minimum Gasteiger partial charge on any atom is -0.394 e. The van der Waals surface area contributed by atoms with Gasteiger partial charge in [0.1, 0.15) is 29.1 Å². The Morgan fingerprint density at radius 2 is 2.08 bits per heavy atom. The summed E-state index contributed by atoms with van der Waals surface area (Å²) < 4.78 is 27.9. The lowest BCUT2D eigenvalue weighted by Crippen LogP contribution is -2.34. The Labute approximate surface area is 150 Å². The number of nitrogens with two attached hydrogens (primary N) is 1. The quantitative estimate of drug-likeness (QED) is 0.732. The number of nitrogens with zero attached hydrogens (tertiary/aromatic N) is 2. The third kappa shape index (κ3) is 3.47. The Balaban J connectivity index is 1.94. The summed E-state index contributed by atoms with van der Waals surface area (Å²) in [5.41, 5.74) is 5.15. The summed E-state index contributed by atoms with van der Waals surface area (Å²) in [6.07, 6.45) is 0. The van der Waals surface area contributed by atoms with Crippen molar-refractivity contribution < 1.29 is 13.6 Å². The molecular formula is C17H14F2N4O2S. The zero-order chi connectivity index (χ0) is 18.8. The van der Waals surface area contributed by atoms with Crippen molar-refractivity contribution in [3.8, 4) is 10.6 Å². The Hall–Kier alpha value is -3.07. The van der Waals surface area contributed by atoms with Gasteiger partial charge in [-0.1, -0.05) is 6.07 Å². The topological polar surface area (TPSA) is 90.0 Å². The van der Waals surface area contributed by atoms with E-state index in [-0.39, 0.29) is 11.4 Å². The molecule has 0 unspecified atom stereocenters. The number of amides is 1. The van der Waals surface area contributed by atoms with Gasteiger partial charge in [-0.15, -0.1) is 11.3 Å². The van der Waals surface area contributed by atoms with Crippen LogP contribution in [0.25, 0.3) is 10.6 Å². The van der Waals surface area contributed by atoms with Gasteiger partial charge in [0, 0.05) is 6.07 Å². The minimum absolute atomic E-state index is 0.0695. The Morgan fingerprint density at radius 1 is 1.31 bits per heavy atom. The predicted molar refractivity (Wildman–Crippen MR) is 95.9 cm³/mol. The highest BCUT2D eigenvalue weighted by molar-refractivity contribution is 7.13. The highest BCUT2D eigenvalue weighted by Crippen LogP contribution is 2.23. The molecule has 26 heavy (non-hydrogen) atoms. The van der Waals surface area contributed by atoms with E-state index in [9.17, 15) is 18.4 Å². The van der Waals surface area contributed by atoms with Crippen LogP contribution in [0.5, 0.6) is 0 Å². The van der Waals surface area contributed by atoms with Gasteiger partial charge in [0.15, 0.2) is 0 Å². The van der Waals surface area contributed by atoms with Gasteiger partial charge >= 0.3 is 0 Å². The number of hydrogen-bond acceptors (Lipinski definition) is 5. The molecule has 0 saturated heterocycles. The minimum atomic E-state index is -1.09. The van der Waals surface area contributed by atoms with E-state index < -0.39 is 29.1 Å². The van der Waals surface area contributed by atoms with Crippen LogP contribution in [-0.2, 0) is 4.79 Å². The van der Waals surface area contributed by atoms with E-state index in [0.29, 0.717) is 5.69 Å². The van der Waals surface area contributed by atoms with Gasteiger partial charge < -0.3 is 11.1 Å². The molecule has 0 spiro atoms. The van der Waals surface area contributed by atoms with Crippen molar-refractivity contribution in [1.82, 2.24) is 9.78 Å². The number of nitrogens with one attached hydrogen (secondary N) is 1. The summed E-state index contributed by atoms with van der Waals surface area (Å²) in [5, 5.41) is 8.28. The molecule has 0 aliphatic heterocycles. The monoisotopic (exact) mass is 376 g/mol. The molecule has 0 aliphatic carbocycles. The smallest absolute Gasteiger partial charge is 0.290 e. The largest absolute Gasteiger partial charge is 0.394 e. The average Bonchev–Trinajstić information content (AvgIpc) is 3.14. The Kier molecular flexibility index (Phi) is 4.81. The van der Waals surface area contributed by atoms with E-state index >= 15 is 0 Å². The number of benzene rings is 1. The van der Waals surface area contributed by atoms with E-state index in [1.165, 1.54) is 24.3 Å². The molecule has 0 bridgehead atoms. The molecule has 6 nitrogen and oxygen atoms in total. The Morgan fingerprint density at radius 3 is 2.77 bits per heavy atom. The molecule has 0 fully saturated rings. The number of hydrogen-bond donors (Lipinski definition) is 2. The highest BCUT2D eigenvalue weighted by atomic mass is 32.1. The van der Waals surface area contributed by atoms with Gasteiger partial charge in [0.2, 0.25) is 5.91 Å². The number of nitrogen functional groups attached to an aromatic ring is 1. The molecule has 3 aromatic rings. The number of carbonyl (C=O) groups excluding carboxylic acids is 1. The van der Waals surface area contributed by atoms with Crippen LogP contribution in [0.15, 0.2) is 46.6 Å². The number of aromatic nitrogens is 2. The van der Waals surface area contributed by atoms with Crippen LogP contribution in [0.4, 0.5) is 20.2 Å². The van der Waals surface area contributed by atoms with Crippen molar-refractivity contribution in [2.24, 2.45) is 0 Å². The maximum Gasteiger partial charge on any atom is 0.290 e. The number of halogens is 2. The molecular weight excluding hydrogens is 362 g/mol. The van der Waals surface area contributed by atoms with Gasteiger partial charge in [-0.05, 0) is 36.6 Å². The second kappa shape index (κ2) is 7.04. The van der Waals surface area contributed by atoms with Crippen molar-refractivity contribution in [1.29, 1.82) is 0 Å². The first-order valence-corrected chi connectivity index (χ1v) is 8.44. The van der Waals surface area contributed by atoms with Crippen molar-refractivity contribution in [3.05, 3.63) is 63.8 Å². The van der Waals surface area contributed by atoms with Gasteiger partial charge in [-0.25, -0.2) is 13.5 Å². The second-order valence-corrected chi connectivity index (χ2v) is 6.45. The van der Waals surface area contributed by atoms with E-state index in [0.717, 1.165) is 27.8 Å². The number of anilines is 2. The summed E-state index contributed by atoms with van der Waals surface area (Å²) >= 11 is 1.40. The zero-order valence-corrected chi connectivity index (χ0v) is 14.4. The maximum atomic E-state index is 13.7. The lowest BCUT2D eigenvalue weighted by Gasteiger charge is -2.16. The van der Waals surface area contributed by atoms with Crippen LogP contribution in [-0.4, -0.2) is 15.7 Å². The fourth-order valence-electron chi connectivity index (χ4n) is 2.28. The molecule has 2 heterocycles. The van der Waals surface area contributed by atoms with Crippen LogP contribution >= 0.6 is 11.3 Å². The van der Waals surface area contributed by atoms with Crippen molar-refractivity contribution in [3.63, 3.8) is 0 Å².